The van der Waals surface area contributed by atoms with Crippen LogP contribution in [0.2, 0.25) is 0 Å². The van der Waals surface area contributed by atoms with Crippen LogP contribution in [0.1, 0.15) is 41.0 Å². The molecule has 2 amide bonds. The first kappa shape index (κ1) is 19.8. The largest absolute Gasteiger partial charge is 0.444 e. The van der Waals surface area contributed by atoms with Crippen molar-refractivity contribution in [2.45, 2.75) is 46.6 Å². The summed E-state index contributed by atoms with van der Waals surface area (Å²) in [6.45, 7) is 10.3. The first-order chi connectivity index (χ1) is 9.65. The van der Waals surface area contributed by atoms with Crippen molar-refractivity contribution in [3.63, 3.8) is 0 Å². The molecule has 0 aromatic carbocycles. The number of nitrogens with zero attached hydrogens (tertiary/aromatic N) is 2. The summed E-state index contributed by atoms with van der Waals surface area (Å²) in [5, 5.41) is 2.65. The van der Waals surface area contributed by atoms with Crippen molar-refractivity contribution < 1.29 is 14.3 Å². The van der Waals surface area contributed by atoms with E-state index in [9.17, 15) is 9.59 Å². The van der Waals surface area contributed by atoms with Crippen LogP contribution in [0, 0.1) is 0 Å². The minimum atomic E-state index is -0.523. The number of amides is 2. The molecule has 0 aliphatic carbocycles. The lowest BCUT2D eigenvalue weighted by atomic mass is 10.2. The van der Waals surface area contributed by atoms with Crippen LogP contribution in [0.4, 0.5) is 9.59 Å². The maximum Gasteiger partial charge on any atom is 0.413 e. The highest BCUT2D eigenvalue weighted by Crippen LogP contribution is 2.07. The van der Waals surface area contributed by atoms with Crippen molar-refractivity contribution in [3.8, 4) is 0 Å². The van der Waals surface area contributed by atoms with E-state index in [-0.39, 0.29) is 5.24 Å². The highest BCUT2D eigenvalue weighted by molar-refractivity contribution is 8.13. The molecule has 0 fully saturated rings. The summed E-state index contributed by atoms with van der Waals surface area (Å²) in [6, 6.07) is 0. The van der Waals surface area contributed by atoms with Gasteiger partial charge in [0, 0.05) is 20.1 Å². The third-order valence-corrected chi connectivity index (χ3v) is 3.11. The van der Waals surface area contributed by atoms with Gasteiger partial charge in [0.25, 0.3) is 5.24 Å². The molecule has 0 unspecified atom stereocenters. The molecule has 0 aromatic heterocycles. The van der Waals surface area contributed by atoms with Crippen molar-refractivity contribution in [2.75, 3.05) is 25.9 Å². The van der Waals surface area contributed by atoms with E-state index in [1.807, 2.05) is 6.92 Å². The first-order valence-electron chi connectivity index (χ1n) is 7.04. The number of amidine groups is 1. The summed E-state index contributed by atoms with van der Waals surface area (Å²) >= 11 is 1.30. The van der Waals surface area contributed by atoms with Gasteiger partial charge in [0.15, 0.2) is 0 Å². The summed E-state index contributed by atoms with van der Waals surface area (Å²) in [4.78, 5) is 28.9. The zero-order valence-corrected chi connectivity index (χ0v) is 14.7. The fourth-order valence-corrected chi connectivity index (χ4v) is 1.93. The molecule has 0 bridgehead atoms. The van der Waals surface area contributed by atoms with E-state index in [4.69, 9.17) is 4.74 Å². The fourth-order valence-electron chi connectivity index (χ4n) is 1.37. The van der Waals surface area contributed by atoms with Gasteiger partial charge in [-0.25, -0.2) is 4.79 Å². The van der Waals surface area contributed by atoms with Crippen LogP contribution in [-0.4, -0.2) is 53.6 Å². The SMILES string of the molecule is CCSC(=O)N(C)CCCN=C(C)NC(=O)OC(C)(C)C. The topological polar surface area (TPSA) is 71.0 Å². The summed E-state index contributed by atoms with van der Waals surface area (Å²) in [7, 11) is 1.78. The van der Waals surface area contributed by atoms with Gasteiger partial charge in [-0.3, -0.25) is 15.1 Å². The number of rotatable bonds is 5. The van der Waals surface area contributed by atoms with Gasteiger partial charge < -0.3 is 9.64 Å². The summed E-state index contributed by atoms with van der Waals surface area (Å²) in [6.07, 6.45) is 0.246. The van der Waals surface area contributed by atoms with Crippen molar-refractivity contribution in [2.24, 2.45) is 4.99 Å². The van der Waals surface area contributed by atoms with Gasteiger partial charge in [0.05, 0.1) is 0 Å². The Kier molecular flexibility index (Phi) is 9.08. The maximum absolute atomic E-state index is 11.5. The van der Waals surface area contributed by atoms with Crippen LogP contribution in [-0.2, 0) is 4.74 Å². The molecule has 0 aliphatic rings. The lowest BCUT2D eigenvalue weighted by Gasteiger charge is -2.19. The predicted molar refractivity (Wildman–Crippen MR) is 88.1 cm³/mol. The van der Waals surface area contributed by atoms with Gasteiger partial charge in [-0.15, -0.1) is 0 Å². The van der Waals surface area contributed by atoms with Crippen molar-refractivity contribution in [1.82, 2.24) is 10.2 Å². The number of aliphatic imine (C=N–C) groups is 1. The summed E-state index contributed by atoms with van der Waals surface area (Å²) in [5.74, 6) is 1.29. The molecule has 0 aliphatic heterocycles. The Labute approximate surface area is 131 Å². The number of alkyl carbamates (subject to hydrolysis) is 1. The Hall–Kier alpha value is -1.24. The number of carbonyl (C=O) groups is 2. The number of nitrogens with one attached hydrogen (secondary N) is 1. The lowest BCUT2D eigenvalue weighted by Crippen LogP contribution is -2.35. The molecule has 0 rings (SSSR count). The summed E-state index contributed by atoms with van der Waals surface area (Å²) < 4.78 is 5.12. The number of ether oxygens (including phenoxy) is 1. The standard InChI is InChI=1S/C14H27N3O3S/c1-7-21-13(19)17(6)10-8-9-15-11(2)16-12(18)20-14(3,4)5/h7-10H2,1-6H3,(H,15,16,18). The molecular formula is C14H27N3O3S. The highest BCUT2D eigenvalue weighted by Gasteiger charge is 2.16. The monoisotopic (exact) mass is 317 g/mol. The Balaban J connectivity index is 3.98. The molecule has 122 valence electrons. The second-order valence-corrected chi connectivity index (χ2v) is 6.78. The predicted octanol–water partition coefficient (Wildman–Crippen LogP) is 3.12. The molecule has 0 atom stereocenters. The zero-order valence-electron chi connectivity index (χ0n) is 13.9. The number of carbonyl (C=O) groups excluding carboxylic acids is 2. The molecule has 0 spiro atoms. The van der Waals surface area contributed by atoms with Crippen molar-refractivity contribution in [3.05, 3.63) is 0 Å². The maximum atomic E-state index is 11.5. The molecule has 0 heterocycles. The van der Waals surface area contributed by atoms with Gasteiger partial charge >= 0.3 is 6.09 Å². The van der Waals surface area contributed by atoms with E-state index in [0.29, 0.717) is 18.9 Å². The van der Waals surface area contributed by atoms with E-state index in [1.165, 1.54) is 11.8 Å². The molecule has 21 heavy (non-hydrogen) atoms. The van der Waals surface area contributed by atoms with Gasteiger partial charge in [-0.2, -0.15) is 0 Å². The van der Waals surface area contributed by atoms with Crippen molar-refractivity contribution in [1.29, 1.82) is 0 Å². The van der Waals surface area contributed by atoms with Crippen LogP contribution >= 0.6 is 11.8 Å². The zero-order chi connectivity index (χ0) is 16.5. The quantitative estimate of drug-likeness (QED) is 0.480. The minimum Gasteiger partial charge on any atom is -0.444 e. The van der Waals surface area contributed by atoms with Crippen LogP contribution in [0.3, 0.4) is 0 Å². The van der Waals surface area contributed by atoms with Crippen LogP contribution in [0.5, 0.6) is 0 Å². The second-order valence-electron chi connectivity index (χ2n) is 5.57. The number of thioether (sulfide) groups is 1. The van der Waals surface area contributed by atoms with Crippen LogP contribution < -0.4 is 5.32 Å². The Morgan fingerprint density at radius 3 is 2.48 bits per heavy atom. The van der Waals surface area contributed by atoms with Crippen molar-refractivity contribution >= 4 is 28.9 Å². The molecule has 0 radical (unpaired) electrons. The molecule has 0 saturated heterocycles. The van der Waals surface area contributed by atoms with Gasteiger partial charge in [-0.05, 0) is 39.9 Å². The Morgan fingerprint density at radius 1 is 1.33 bits per heavy atom. The first-order valence-corrected chi connectivity index (χ1v) is 8.03. The average molecular weight is 317 g/mol. The average Bonchev–Trinajstić information content (AvgIpc) is 2.32. The smallest absolute Gasteiger partial charge is 0.413 e. The van der Waals surface area contributed by atoms with E-state index in [1.54, 1.807) is 39.6 Å². The Bertz CT molecular complexity index is 378. The third kappa shape index (κ3) is 11.1. The van der Waals surface area contributed by atoms with E-state index in [2.05, 4.69) is 10.3 Å². The van der Waals surface area contributed by atoms with Gasteiger partial charge in [0.1, 0.15) is 11.4 Å². The lowest BCUT2D eigenvalue weighted by molar-refractivity contribution is 0.0563. The normalized spacial score (nSPS) is 12.0. The molecule has 0 aromatic rings. The number of hydrogen-bond acceptors (Lipinski definition) is 5. The van der Waals surface area contributed by atoms with Gasteiger partial charge in [0.2, 0.25) is 0 Å². The summed E-state index contributed by atoms with van der Waals surface area (Å²) in [5.41, 5.74) is -0.523. The van der Waals surface area contributed by atoms with E-state index in [0.717, 1.165) is 12.2 Å². The van der Waals surface area contributed by atoms with Crippen LogP contribution in [0.15, 0.2) is 4.99 Å². The van der Waals surface area contributed by atoms with Crippen LogP contribution in [0.25, 0.3) is 0 Å². The van der Waals surface area contributed by atoms with E-state index >= 15 is 0 Å². The molecular weight excluding hydrogens is 290 g/mol. The van der Waals surface area contributed by atoms with E-state index < -0.39 is 11.7 Å². The molecule has 1 N–H and O–H groups in total. The molecule has 6 nitrogen and oxygen atoms in total. The number of hydrogen-bond donors (Lipinski definition) is 1. The van der Waals surface area contributed by atoms with Gasteiger partial charge in [-0.1, -0.05) is 18.7 Å². The Morgan fingerprint density at radius 2 is 1.95 bits per heavy atom. The second kappa shape index (κ2) is 9.65. The molecule has 7 heteroatoms. The molecule has 0 saturated carbocycles. The third-order valence-electron chi connectivity index (χ3n) is 2.26. The highest BCUT2D eigenvalue weighted by atomic mass is 32.2. The minimum absolute atomic E-state index is 0.0741. The fraction of sp³-hybridized carbons (Fsp3) is 0.786.